The highest BCUT2D eigenvalue weighted by atomic mass is 35.5. The van der Waals surface area contributed by atoms with Crippen molar-refractivity contribution in [2.45, 2.75) is 6.92 Å². The zero-order chi connectivity index (χ0) is 21.7. The zero-order valence-corrected chi connectivity index (χ0v) is 16.9. The van der Waals surface area contributed by atoms with Crippen molar-refractivity contribution in [3.05, 3.63) is 64.1 Å². The van der Waals surface area contributed by atoms with E-state index in [9.17, 15) is 14.0 Å². The quantitative estimate of drug-likeness (QED) is 0.488. The smallest absolute Gasteiger partial charge is 0.363 e. The summed E-state index contributed by atoms with van der Waals surface area (Å²) in [5.41, 5.74) is 0.505. The summed E-state index contributed by atoms with van der Waals surface area (Å²) in [4.78, 5) is 27.7. The topological polar surface area (TPSA) is 83.4 Å². The van der Waals surface area contributed by atoms with Crippen LogP contribution < -0.4 is 9.47 Å². The second-order valence-corrected chi connectivity index (χ2v) is 6.35. The van der Waals surface area contributed by atoms with Gasteiger partial charge in [0.2, 0.25) is 5.90 Å². The molecule has 3 rings (SSSR count). The maximum Gasteiger partial charge on any atom is 0.363 e. The van der Waals surface area contributed by atoms with E-state index in [1.807, 2.05) is 0 Å². The van der Waals surface area contributed by atoms with Gasteiger partial charge in [-0.25, -0.2) is 19.0 Å². The molecule has 2 aromatic carbocycles. The number of benzene rings is 2. The summed E-state index contributed by atoms with van der Waals surface area (Å²) in [5.74, 6) is -1.58. The van der Waals surface area contributed by atoms with E-state index >= 15 is 0 Å². The molecule has 9 heteroatoms. The van der Waals surface area contributed by atoms with Gasteiger partial charge in [0.25, 0.3) is 0 Å². The Kier molecular flexibility index (Phi) is 6.68. The molecular formula is C21H17ClFNO6. The number of halogens is 2. The molecule has 0 amide bonds. The molecule has 2 aromatic rings. The molecular weight excluding hydrogens is 417 g/mol. The van der Waals surface area contributed by atoms with Gasteiger partial charge in [0.1, 0.15) is 5.82 Å². The fraction of sp³-hybridized carbons (Fsp3) is 0.190. The van der Waals surface area contributed by atoms with Crippen LogP contribution in [0, 0.1) is 5.82 Å². The van der Waals surface area contributed by atoms with Gasteiger partial charge in [-0.05, 0) is 42.8 Å². The summed E-state index contributed by atoms with van der Waals surface area (Å²) in [7, 11) is 1.40. The predicted octanol–water partition coefficient (Wildman–Crippen LogP) is 3.77. The number of carbonyl (C=O) groups excluding carboxylic acids is 2. The number of cyclic esters (lactones) is 1. The number of ether oxygens (including phenoxy) is 4. The first-order valence-electron chi connectivity index (χ1n) is 8.86. The van der Waals surface area contributed by atoms with Gasteiger partial charge >= 0.3 is 11.9 Å². The minimum atomic E-state index is -0.731. The number of aliphatic imine (C=N–C) groups is 1. The fourth-order valence-corrected chi connectivity index (χ4v) is 2.89. The maximum absolute atomic E-state index is 13.9. The second kappa shape index (κ2) is 9.41. The van der Waals surface area contributed by atoms with Crippen LogP contribution in [0.15, 0.2) is 47.1 Å². The Morgan fingerprint density at radius 2 is 2.07 bits per heavy atom. The van der Waals surface area contributed by atoms with E-state index in [-0.39, 0.29) is 46.9 Å². The van der Waals surface area contributed by atoms with Crippen LogP contribution in [0.3, 0.4) is 0 Å². The average Bonchev–Trinajstić information content (AvgIpc) is 3.07. The third kappa shape index (κ3) is 4.77. The molecule has 1 heterocycles. The Labute approximate surface area is 176 Å². The van der Waals surface area contributed by atoms with E-state index in [2.05, 4.69) is 4.99 Å². The Hall–Kier alpha value is -3.39. The Bertz CT molecular complexity index is 1050. The first-order chi connectivity index (χ1) is 14.4. The molecule has 156 valence electrons. The van der Waals surface area contributed by atoms with Crippen molar-refractivity contribution >= 4 is 35.5 Å². The molecule has 30 heavy (non-hydrogen) atoms. The molecule has 0 N–H and O–H groups in total. The summed E-state index contributed by atoms with van der Waals surface area (Å²) >= 11 is 6.25. The van der Waals surface area contributed by atoms with E-state index in [0.717, 1.165) is 0 Å². The number of esters is 2. The van der Waals surface area contributed by atoms with Crippen LogP contribution in [0.5, 0.6) is 11.5 Å². The van der Waals surface area contributed by atoms with Gasteiger partial charge in [-0.3, -0.25) is 0 Å². The van der Waals surface area contributed by atoms with Gasteiger partial charge < -0.3 is 18.9 Å². The number of rotatable bonds is 7. The highest BCUT2D eigenvalue weighted by molar-refractivity contribution is 6.32. The number of hydrogen-bond donors (Lipinski definition) is 0. The lowest BCUT2D eigenvalue weighted by molar-refractivity contribution is -0.145. The van der Waals surface area contributed by atoms with Gasteiger partial charge in [-0.15, -0.1) is 0 Å². The van der Waals surface area contributed by atoms with E-state index in [1.54, 1.807) is 19.1 Å². The van der Waals surface area contributed by atoms with Crippen LogP contribution in [0.2, 0.25) is 5.02 Å². The van der Waals surface area contributed by atoms with Gasteiger partial charge in [-0.2, -0.15) is 0 Å². The first-order valence-corrected chi connectivity index (χ1v) is 9.24. The van der Waals surface area contributed by atoms with E-state index in [0.29, 0.717) is 5.56 Å². The largest absolute Gasteiger partial charge is 0.493 e. The molecule has 1 aliphatic heterocycles. The molecule has 0 saturated heterocycles. The molecule has 0 bridgehead atoms. The summed E-state index contributed by atoms with van der Waals surface area (Å²) in [6.07, 6.45) is 1.42. The lowest BCUT2D eigenvalue weighted by atomic mass is 10.1. The van der Waals surface area contributed by atoms with Crippen molar-refractivity contribution in [3.63, 3.8) is 0 Å². The molecule has 0 spiro atoms. The Morgan fingerprint density at radius 3 is 2.77 bits per heavy atom. The second-order valence-electron chi connectivity index (χ2n) is 5.94. The summed E-state index contributed by atoms with van der Waals surface area (Å²) in [6, 6.07) is 8.88. The lowest BCUT2D eigenvalue weighted by Gasteiger charge is -2.12. The monoisotopic (exact) mass is 433 g/mol. The molecule has 0 unspecified atom stereocenters. The van der Waals surface area contributed by atoms with Crippen LogP contribution in [0.4, 0.5) is 4.39 Å². The van der Waals surface area contributed by atoms with Crippen molar-refractivity contribution in [3.8, 4) is 11.5 Å². The standard InChI is InChI=1S/C21H17ClFNO6/c1-3-28-18(25)11-29-19-14(22)8-12(10-17(19)27-2)9-16-21(26)30-20(24-16)13-6-4-5-7-15(13)23/h4-10H,3,11H2,1-2H3. The average molecular weight is 434 g/mol. The number of methoxy groups -OCH3 is 1. The minimum Gasteiger partial charge on any atom is -0.493 e. The number of carbonyl (C=O) groups is 2. The van der Waals surface area contributed by atoms with Crippen LogP contribution in [0.1, 0.15) is 18.1 Å². The molecule has 1 aliphatic rings. The fourth-order valence-electron chi connectivity index (χ4n) is 2.61. The van der Waals surface area contributed by atoms with Crippen molar-refractivity contribution in [2.75, 3.05) is 20.3 Å². The Morgan fingerprint density at radius 1 is 1.30 bits per heavy atom. The molecule has 0 atom stereocenters. The molecule has 0 saturated carbocycles. The highest BCUT2D eigenvalue weighted by Gasteiger charge is 2.26. The van der Waals surface area contributed by atoms with Gasteiger partial charge in [0.05, 0.1) is 24.3 Å². The third-order valence-electron chi connectivity index (χ3n) is 3.92. The Balaban J connectivity index is 1.88. The van der Waals surface area contributed by atoms with Gasteiger partial charge in [0, 0.05) is 0 Å². The predicted molar refractivity (Wildman–Crippen MR) is 107 cm³/mol. The van der Waals surface area contributed by atoms with Crippen LogP contribution >= 0.6 is 11.6 Å². The molecule has 0 fully saturated rings. The SMILES string of the molecule is CCOC(=O)COc1c(Cl)cc(C=C2N=C(c3ccccc3F)OC2=O)cc1OC. The van der Waals surface area contributed by atoms with Crippen molar-refractivity contribution in [1.82, 2.24) is 0 Å². The summed E-state index contributed by atoms with van der Waals surface area (Å²) in [5, 5.41) is 0.148. The maximum atomic E-state index is 13.9. The van der Waals surface area contributed by atoms with Gasteiger partial charge in [0.15, 0.2) is 23.8 Å². The lowest BCUT2D eigenvalue weighted by Crippen LogP contribution is -2.15. The van der Waals surface area contributed by atoms with Crippen LogP contribution in [-0.4, -0.2) is 38.2 Å². The minimum absolute atomic E-state index is 0.0356. The van der Waals surface area contributed by atoms with E-state index in [4.69, 9.17) is 30.5 Å². The van der Waals surface area contributed by atoms with Crippen molar-refractivity contribution in [1.29, 1.82) is 0 Å². The third-order valence-corrected chi connectivity index (χ3v) is 4.20. The summed E-state index contributed by atoms with van der Waals surface area (Å²) < 4.78 is 34.5. The normalized spacial score (nSPS) is 14.3. The van der Waals surface area contributed by atoms with Gasteiger partial charge in [-0.1, -0.05) is 23.7 Å². The number of hydrogen-bond acceptors (Lipinski definition) is 7. The van der Waals surface area contributed by atoms with E-state index < -0.39 is 17.8 Å². The van der Waals surface area contributed by atoms with Crippen LogP contribution in [-0.2, 0) is 19.1 Å². The molecule has 0 aliphatic carbocycles. The van der Waals surface area contributed by atoms with Crippen molar-refractivity contribution < 1.29 is 32.9 Å². The number of nitrogens with zero attached hydrogens (tertiary/aromatic N) is 1. The zero-order valence-electron chi connectivity index (χ0n) is 16.1. The summed E-state index contributed by atoms with van der Waals surface area (Å²) in [6.45, 7) is 1.57. The molecule has 0 aromatic heterocycles. The van der Waals surface area contributed by atoms with Crippen molar-refractivity contribution in [2.24, 2.45) is 4.99 Å². The first kappa shape index (κ1) is 21.3. The molecule has 7 nitrogen and oxygen atoms in total. The molecule has 0 radical (unpaired) electrons. The van der Waals surface area contributed by atoms with Crippen LogP contribution in [0.25, 0.3) is 6.08 Å². The van der Waals surface area contributed by atoms with E-state index in [1.165, 1.54) is 37.5 Å². The highest BCUT2D eigenvalue weighted by Crippen LogP contribution is 2.37.